The lowest BCUT2D eigenvalue weighted by Crippen LogP contribution is -2.47. The lowest BCUT2D eigenvalue weighted by Gasteiger charge is -2.30. The van der Waals surface area contributed by atoms with Crippen LogP contribution >= 0.6 is 0 Å². The van der Waals surface area contributed by atoms with Gasteiger partial charge in [-0.25, -0.2) is 0 Å². The lowest BCUT2D eigenvalue weighted by molar-refractivity contribution is -0.137. The van der Waals surface area contributed by atoms with Gasteiger partial charge in [0.2, 0.25) is 5.91 Å². The molecule has 35 heavy (non-hydrogen) atoms. The molecule has 3 aromatic rings. The molecule has 0 aliphatic carbocycles. The molecule has 0 unspecified atom stereocenters. The van der Waals surface area contributed by atoms with Crippen LogP contribution in [-0.4, -0.2) is 33.8 Å². The summed E-state index contributed by atoms with van der Waals surface area (Å²) in [5, 5.41) is 9.16. The molecule has 0 aliphatic heterocycles. The highest BCUT2D eigenvalue weighted by atomic mass is 16.4. The first-order valence-corrected chi connectivity index (χ1v) is 11.6. The number of benzene rings is 3. The average molecular weight is 473 g/mol. The number of nitrogens with two attached hydrogens (primary N) is 1. The highest BCUT2D eigenvalue weighted by molar-refractivity contribution is 5.97. The molecular formula is C29H32N2O4. The van der Waals surface area contributed by atoms with Crippen LogP contribution in [0.1, 0.15) is 55.1 Å². The summed E-state index contributed by atoms with van der Waals surface area (Å²) in [5.41, 5.74) is 9.99. The number of hydrogen-bond acceptors (Lipinski definition) is 3. The van der Waals surface area contributed by atoms with Crippen LogP contribution < -0.4 is 5.73 Å². The van der Waals surface area contributed by atoms with Gasteiger partial charge in [0.05, 0.1) is 0 Å². The van der Waals surface area contributed by atoms with Gasteiger partial charge in [-0.15, -0.1) is 0 Å². The molecule has 1 atom stereocenters. The second kappa shape index (κ2) is 11.0. The topological polar surface area (TPSA) is 101 Å². The molecule has 3 aromatic carbocycles. The highest BCUT2D eigenvalue weighted by Crippen LogP contribution is 2.25. The first kappa shape index (κ1) is 25.7. The Hall–Kier alpha value is -3.93. The molecule has 0 spiro atoms. The maximum Gasteiger partial charge on any atom is 0.303 e. The number of carboxylic acid groups (broad SMARTS) is 1. The summed E-state index contributed by atoms with van der Waals surface area (Å²) in [5.74, 6) is -2.16. The number of carbonyl (C=O) groups excluding carboxylic acids is 2. The van der Waals surface area contributed by atoms with E-state index >= 15 is 0 Å². The van der Waals surface area contributed by atoms with Crippen molar-refractivity contribution in [3.63, 3.8) is 0 Å². The van der Waals surface area contributed by atoms with E-state index in [0.717, 1.165) is 22.3 Å². The summed E-state index contributed by atoms with van der Waals surface area (Å²) in [7, 11) is 0. The lowest BCUT2D eigenvalue weighted by atomic mass is 9.86. The van der Waals surface area contributed by atoms with Crippen LogP contribution in [0.3, 0.4) is 0 Å². The molecule has 3 N–H and O–H groups in total. The Balaban J connectivity index is 1.92. The van der Waals surface area contributed by atoms with Gasteiger partial charge >= 0.3 is 5.97 Å². The van der Waals surface area contributed by atoms with Gasteiger partial charge in [-0.05, 0) is 46.2 Å². The van der Waals surface area contributed by atoms with Gasteiger partial charge in [0.1, 0.15) is 6.04 Å². The van der Waals surface area contributed by atoms with Gasteiger partial charge in [0.25, 0.3) is 5.91 Å². The largest absolute Gasteiger partial charge is 0.481 e. The summed E-state index contributed by atoms with van der Waals surface area (Å²) in [4.78, 5) is 38.5. The van der Waals surface area contributed by atoms with E-state index in [-0.39, 0.29) is 30.7 Å². The summed E-state index contributed by atoms with van der Waals surface area (Å²) in [6.45, 7) is 6.49. The molecule has 0 radical (unpaired) electrons. The molecule has 0 aromatic heterocycles. The van der Waals surface area contributed by atoms with Crippen molar-refractivity contribution in [2.75, 3.05) is 0 Å². The van der Waals surface area contributed by atoms with Gasteiger partial charge in [0, 0.05) is 18.5 Å². The van der Waals surface area contributed by atoms with E-state index in [1.165, 1.54) is 4.90 Å². The summed E-state index contributed by atoms with van der Waals surface area (Å²) < 4.78 is 0. The predicted octanol–water partition coefficient (Wildman–Crippen LogP) is 5.01. The molecule has 6 nitrogen and oxygen atoms in total. The van der Waals surface area contributed by atoms with Crippen molar-refractivity contribution < 1.29 is 19.5 Å². The van der Waals surface area contributed by atoms with E-state index < -0.39 is 17.9 Å². The van der Waals surface area contributed by atoms with Crippen molar-refractivity contribution in [2.45, 2.75) is 51.6 Å². The van der Waals surface area contributed by atoms with Gasteiger partial charge in [-0.2, -0.15) is 0 Å². The minimum atomic E-state index is -1.05. The van der Waals surface area contributed by atoms with E-state index in [1.807, 2.05) is 66.7 Å². The number of primary amides is 1. The van der Waals surface area contributed by atoms with Crippen LogP contribution in [0.15, 0.2) is 78.9 Å². The fourth-order valence-electron chi connectivity index (χ4n) is 3.94. The Bertz CT molecular complexity index is 1160. The van der Waals surface area contributed by atoms with Crippen LogP contribution in [0, 0.1) is 0 Å². The Morgan fingerprint density at radius 2 is 1.43 bits per heavy atom. The number of aliphatic carboxylic acids is 1. The molecule has 182 valence electrons. The maximum atomic E-state index is 13.6. The van der Waals surface area contributed by atoms with Gasteiger partial charge < -0.3 is 15.7 Å². The first-order chi connectivity index (χ1) is 16.6. The molecule has 0 aliphatic rings. The number of nitrogens with zero attached hydrogens (tertiary/aromatic N) is 1. The number of carboxylic acids is 1. The van der Waals surface area contributed by atoms with Crippen LogP contribution in [0.5, 0.6) is 0 Å². The summed E-state index contributed by atoms with van der Waals surface area (Å²) in [6, 6.07) is 23.8. The van der Waals surface area contributed by atoms with Crippen molar-refractivity contribution in [3.8, 4) is 11.1 Å². The van der Waals surface area contributed by atoms with Crippen LogP contribution in [0.2, 0.25) is 0 Å². The van der Waals surface area contributed by atoms with E-state index in [4.69, 9.17) is 10.8 Å². The minimum Gasteiger partial charge on any atom is -0.481 e. The standard InChI is InChI=1S/C29H32N2O4/c1-29(2,3)24-15-9-20(10-16-24)19-31(25(27(30)34)17-18-26(32)33)28(35)23-13-11-22(12-14-23)21-7-5-4-6-8-21/h4-16,25H,17-19H2,1-3H3,(H2,30,34)(H,32,33)/t25-/m0/s1. The van der Waals surface area contributed by atoms with Crippen LogP contribution in [0.25, 0.3) is 11.1 Å². The van der Waals surface area contributed by atoms with Crippen molar-refractivity contribution in [3.05, 3.63) is 95.6 Å². The molecule has 3 rings (SSSR count). The maximum absolute atomic E-state index is 13.6. The number of rotatable bonds is 9. The molecule has 0 bridgehead atoms. The molecule has 0 saturated heterocycles. The van der Waals surface area contributed by atoms with Crippen molar-refractivity contribution in [2.24, 2.45) is 5.73 Å². The quantitative estimate of drug-likeness (QED) is 0.457. The second-order valence-corrected chi connectivity index (χ2v) is 9.67. The molecule has 0 fully saturated rings. The van der Waals surface area contributed by atoms with Gasteiger partial charge in [0.15, 0.2) is 0 Å². The monoisotopic (exact) mass is 472 g/mol. The molecule has 0 saturated carbocycles. The highest BCUT2D eigenvalue weighted by Gasteiger charge is 2.30. The number of hydrogen-bond donors (Lipinski definition) is 2. The Labute approximate surface area is 206 Å². The molecule has 6 heteroatoms. The molecular weight excluding hydrogens is 440 g/mol. The molecule has 0 heterocycles. The average Bonchev–Trinajstić information content (AvgIpc) is 2.83. The van der Waals surface area contributed by atoms with E-state index in [2.05, 4.69) is 20.8 Å². The first-order valence-electron chi connectivity index (χ1n) is 11.6. The zero-order valence-corrected chi connectivity index (χ0v) is 20.4. The normalized spacial score (nSPS) is 12.1. The van der Waals surface area contributed by atoms with E-state index in [0.29, 0.717) is 5.56 Å². The van der Waals surface area contributed by atoms with Crippen LogP contribution in [0.4, 0.5) is 0 Å². The number of amides is 2. The van der Waals surface area contributed by atoms with Crippen molar-refractivity contribution in [1.29, 1.82) is 0 Å². The van der Waals surface area contributed by atoms with Crippen molar-refractivity contribution >= 4 is 17.8 Å². The predicted molar refractivity (Wildman–Crippen MR) is 137 cm³/mol. The third-order valence-corrected chi connectivity index (χ3v) is 6.01. The molecule has 2 amide bonds. The Kier molecular flexibility index (Phi) is 8.07. The smallest absolute Gasteiger partial charge is 0.303 e. The van der Waals surface area contributed by atoms with E-state index in [9.17, 15) is 14.4 Å². The fourth-order valence-corrected chi connectivity index (χ4v) is 3.94. The second-order valence-electron chi connectivity index (χ2n) is 9.67. The Morgan fingerprint density at radius 3 is 1.94 bits per heavy atom. The fraction of sp³-hybridized carbons (Fsp3) is 0.276. The van der Waals surface area contributed by atoms with Crippen molar-refractivity contribution in [1.82, 2.24) is 4.90 Å². The summed E-state index contributed by atoms with van der Waals surface area (Å²) in [6.07, 6.45) is -0.328. The summed E-state index contributed by atoms with van der Waals surface area (Å²) >= 11 is 0. The third kappa shape index (κ3) is 6.79. The minimum absolute atomic E-state index is 0.0220. The SMILES string of the molecule is CC(C)(C)c1ccc(CN(C(=O)c2ccc(-c3ccccc3)cc2)[C@@H](CCC(=O)O)C(N)=O)cc1. The van der Waals surface area contributed by atoms with E-state index in [1.54, 1.807) is 12.1 Å². The zero-order valence-electron chi connectivity index (χ0n) is 20.4. The zero-order chi connectivity index (χ0) is 25.6. The number of carbonyl (C=O) groups is 3. The van der Waals surface area contributed by atoms with Gasteiger partial charge in [-0.3, -0.25) is 14.4 Å². The van der Waals surface area contributed by atoms with Gasteiger partial charge in [-0.1, -0.05) is 87.5 Å². The Morgan fingerprint density at radius 1 is 0.857 bits per heavy atom. The third-order valence-electron chi connectivity index (χ3n) is 6.01. The van der Waals surface area contributed by atoms with Crippen LogP contribution in [-0.2, 0) is 21.5 Å².